The van der Waals surface area contributed by atoms with Crippen LogP contribution in [0.3, 0.4) is 0 Å². The first-order chi connectivity index (χ1) is 17.3. The number of amides is 2. The lowest BCUT2D eigenvalue weighted by Gasteiger charge is -2.41. The number of β-amino-alcohol motifs (C(OH)–C–C–N with tert-alkyl or cyclic N) is 1. The van der Waals surface area contributed by atoms with Crippen LogP contribution < -0.4 is 0 Å². The fourth-order valence-electron chi connectivity index (χ4n) is 7.17. The van der Waals surface area contributed by atoms with Gasteiger partial charge in [-0.25, -0.2) is 0 Å². The van der Waals surface area contributed by atoms with Crippen LogP contribution in [0.15, 0.2) is 25.3 Å². The fourth-order valence-corrected chi connectivity index (χ4v) is 9.51. The molecule has 0 radical (unpaired) electrons. The Kier molecular flexibility index (Phi) is 8.55. The number of hydrogen-bond donors (Lipinski definition) is 1. The number of allylic oxidation sites excluding steroid dienone is 1. The van der Waals surface area contributed by atoms with Gasteiger partial charge in [0.1, 0.15) is 6.04 Å². The van der Waals surface area contributed by atoms with E-state index in [4.69, 9.17) is 4.74 Å². The third-order valence-electron chi connectivity index (χ3n) is 8.78. The minimum Gasteiger partial charge on any atom is -0.465 e. The third kappa shape index (κ3) is 4.64. The summed E-state index contributed by atoms with van der Waals surface area (Å²) in [6, 6.07) is -0.539. The minimum absolute atomic E-state index is 0.0544. The average Bonchev–Trinajstić information content (AvgIpc) is 3.43. The Hall–Kier alpha value is -1.80. The van der Waals surface area contributed by atoms with Crippen LogP contribution in [0.2, 0.25) is 0 Å². The van der Waals surface area contributed by atoms with Gasteiger partial charge in [-0.1, -0.05) is 31.4 Å². The van der Waals surface area contributed by atoms with Gasteiger partial charge >= 0.3 is 5.97 Å². The maximum atomic E-state index is 14.3. The lowest BCUT2D eigenvalue weighted by atomic mass is 9.66. The molecule has 7 nitrogen and oxygen atoms in total. The van der Waals surface area contributed by atoms with E-state index in [1.165, 1.54) is 6.42 Å². The monoisotopic (exact) mass is 518 g/mol. The number of carbonyl (C=O) groups excluding carboxylic acids is 3. The van der Waals surface area contributed by atoms with Crippen molar-refractivity contribution >= 4 is 29.5 Å². The lowest BCUT2D eigenvalue weighted by molar-refractivity contribution is -0.155. The minimum atomic E-state index is -0.679. The molecule has 1 N–H and O–H groups in total. The molecule has 2 amide bonds. The molecule has 0 aromatic rings. The normalized spacial score (nSPS) is 33.4. The molecule has 3 aliphatic heterocycles. The van der Waals surface area contributed by atoms with Crippen molar-refractivity contribution in [3.8, 4) is 0 Å². The second-order valence-corrected chi connectivity index (χ2v) is 12.9. The molecule has 1 saturated carbocycles. The Balaban J connectivity index is 1.62. The summed E-state index contributed by atoms with van der Waals surface area (Å²) >= 11 is 1.66. The van der Waals surface area contributed by atoms with Gasteiger partial charge in [0.25, 0.3) is 0 Å². The first kappa shape index (κ1) is 27.2. The molecule has 4 rings (SSSR count). The predicted octanol–water partition coefficient (Wildman–Crippen LogP) is 3.71. The van der Waals surface area contributed by atoms with Crippen LogP contribution in [0, 0.1) is 11.8 Å². The van der Waals surface area contributed by atoms with E-state index in [1.54, 1.807) is 22.7 Å². The number of hydrogen-bond acceptors (Lipinski definition) is 6. The topological polar surface area (TPSA) is 87.1 Å². The Morgan fingerprint density at radius 1 is 1.19 bits per heavy atom. The highest BCUT2D eigenvalue weighted by atomic mass is 32.2. The summed E-state index contributed by atoms with van der Waals surface area (Å²) in [5, 5.41) is 9.84. The standard InChI is InChI=1S/C28H42N2O5S/c1-4-6-7-11-19-35-26(34)22-21-24(32)30(17-18-31)23(28(21)15-14-27(22,3)36-28)25(33)29(16-5-2)20-12-9-8-10-13-20/h4-5,20-23,31H,1-2,6-19H2,3H3/t21-,22+,23?,27-,28?/m0/s1. The summed E-state index contributed by atoms with van der Waals surface area (Å²) in [5.74, 6) is -1.74. The maximum absolute atomic E-state index is 14.3. The van der Waals surface area contributed by atoms with Gasteiger partial charge in [-0.2, -0.15) is 0 Å². The number of ether oxygens (including phenoxy) is 1. The van der Waals surface area contributed by atoms with E-state index >= 15 is 0 Å². The van der Waals surface area contributed by atoms with Gasteiger partial charge in [-0.3, -0.25) is 14.4 Å². The van der Waals surface area contributed by atoms with Gasteiger partial charge in [-0.15, -0.1) is 24.9 Å². The second-order valence-electron chi connectivity index (χ2n) is 11.0. The molecular weight excluding hydrogens is 476 g/mol. The number of unbranched alkanes of at least 4 members (excludes halogenated alkanes) is 2. The number of thioether (sulfide) groups is 1. The van der Waals surface area contributed by atoms with E-state index in [9.17, 15) is 19.5 Å². The molecule has 1 spiro atoms. The van der Waals surface area contributed by atoms with Gasteiger partial charge in [-0.05, 0) is 51.9 Å². The van der Waals surface area contributed by atoms with Crippen molar-refractivity contribution in [1.29, 1.82) is 0 Å². The molecule has 0 aromatic carbocycles. The molecule has 3 heterocycles. The van der Waals surface area contributed by atoms with E-state index < -0.39 is 27.4 Å². The molecule has 3 saturated heterocycles. The van der Waals surface area contributed by atoms with Gasteiger partial charge in [0.05, 0.1) is 29.8 Å². The molecule has 36 heavy (non-hydrogen) atoms. The number of fused-ring (bicyclic) bond motifs is 1. The van der Waals surface area contributed by atoms with Crippen LogP contribution in [0.1, 0.15) is 71.1 Å². The van der Waals surface area contributed by atoms with Crippen LogP contribution in [0.5, 0.6) is 0 Å². The highest BCUT2D eigenvalue weighted by molar-refractivity contribution is 8.02. The van der Waals surface area contributed by atoms with Crippen molar-refractivity contribution in [3.63, 3.8) is 0 Å². The van der Waals surface area contributed by atoms with E-state index in [0.717, 1.165) is 51.4 Å². The van der Waals surface area contributed by atoms with Crippen LogP contribution in [-0.2, 0) is 19.1 Å². The first-order valence-electron chi connectivity index (χ1n) is 13.6. The largest absolute Gasteiger partial charge is 0.465 e. The molecule has 2 bridgehead atoms. The fraction of sp³-hybridized carbons (Fsp3) is 0.750. The molecule has 5 atom stereocenters. The van der Waals surface area contributed by atoms with Crippen molar-refractivity contribution < 1.29 is 24.2 Å². The van der Waals surface area contributed by atoms with Gasteiger partial charge < -0.3 is 19.6 Å². The summed E-state index contributed by atoms with van der Waals surface area (Å²) in [6.45, 7) is 10.3. The second kappa shape index (κ2) is 11.3. The lowest BCUT2D eigenvalue weighted by Crippen LogP contribution is -2.57. The van der Waals surface area contributed by atoms with E-state index in [1.807, 2.05) is 11.0 Å². The SMILES string of the molecule is C=CCCCCOC(=O)[C@H]1[C@H]2C(=O)N(CCO)C(C(=O)N(CC=C)C3CCCCC3)C23CC[C@]1(C)S3. The van der Waals surface area contributed by atoms with E-state index in [-0.39, 0.29) is 37.0 Å². The maximum Gasteiger partial charge on any atom is 0.311 e. The number of likely N-dealkylation sites (tertiary alicyclic amines) is 1. The number of rotatable bonds is 12. The number of carbonyl (C=O) groups is 3. The molecule has 1 aliphatic carbocycles. The summed E-state index contributed by atoms with van der Waals surface area (Å²) < 4.78 is 4.60. The average molecular weight is 519 g/mol. The smallest absolute Gasteiger partial charge is 0.311 e. The summed E-state index contributed by atoms with van der Waals surface area (Å²) in [5.41, 5.74) is 0. The Morgan fingerprint density at radius 3 is 2.61 bits per heavy atom. The van der Waals surface area contributed by atoms with Gasteiger partial charge in [0.2, 0.25) is 11.8 Å². The highest BCUT2D eigenvalue weighted by Gasteiger charge is 2.77. The summed E-state index contributed by atoms with van der Waals surface area (Å²) in [6.07, 6.45) is 12.9. The Labute approximate surface area is 219 Å². The quantitative estimate of drug-likeness (QED) is 0.241. The molecule has 8 heteroatoms. The molecule has 4 aliphatic rings. The van der Waals surface area contributed by atoms with Crippen molar-refractivity contribution in [1.82, 2.24) is 9.80 Å². The third-order valence-corrected chi connectivity index (χ3v) is 10.8. The van der Waals surface area contributed by atoms with Crippen molar-refractivity contribution in [2.75, 3.05) is 26.3 Å². The van der Waals surface area contributed by atoms with Crippen LogP contribution >= 0.6 is 11.8 Å². The Bertz CT molecular complexity index is 874. The first-order valence-corrected chi connectivity index (χ1v) is 14.5. The van der Waals surface area contributed by atoms with Crippen LogP contribution in [-0.4, -0.2) is 80.6 Å². The van der Waals surface area contributed by atoms with Crippen molar-refractivity contribution in [3.05, 3.63) is 25.3 Å². The zero-order valence-electron chi connectivity index (χ0n) is 21.7. The highest BCUT2D eigenvalue weighted by Crippen LogP contribution is 2.71. The van der Waals surface area contributed by atoms with Crippen molar-refractivity contribution in [2.45, 2.75) is 92.7 Å². The summed E-state index contributed by atoms with van der Waals surface area (Å²) in [7, 11) is 0. The van der Waals surface area contributed by atoms with Crippen LogP contribution in [0.4, 0.5) is 0 Å². The van der Waals surface area contributed by atoms with Crippen molar-refractivity contribution in [2.24, 2.45) is 11.8 Å². The number of aliphatic hydroxyl groups is 1. The summed E-state index contributed by atoms with van der Waals surface area (Å²) in [4.78, 5) is 45.1. The number of nitrogens with zero attached hydrogens (tertiary/aromatic N) is 2. The molecule has 0 aromatic heterocycles. The molecule has 4 fully saturated rings. The van der Waals surface area contributed by atoms with E-state index in [2.05, 4.69) is 20.1 Å². The zero-order valence-corrected chi connectivity index (χ0v) is 22.5. The van der Waals surface area contributed by atoms with Gasteiger partial charge in [0.15, 0.2) is 0 Å². The molecule has 2 unspecified atom stereocenters. The van der Waals surface area contributed by atoms with E-state index in [0.29, 0.717) is 19.6 Å². The number of esters is 1. The molecule has 200 valence electrons. The zero-order chi connectivity index (χ0) is 25.9. The Morgan fingerprint density at radius 2 is 1.94 bits per heavy atom. The number of aliphatic hydroxyl groups excluding tert-OH is 1. The van der Waals surface area contributed by atoms with Crippen LogP contribution in [0.25, 0.3) is 0 Å². The van der Waals surface area contributed by atoms with Gasteiger partial charge in [0, 0.05) is 23.9 Å². The molecular formula is C28H42N2O5S. The predicted molar refractivity (Wildman–Crippen MR) is 141 cm³/mol.